The minimum Gasteiger partial charge on any atom is -0.381 e. The molecule has 0 aromatic carbocycles. The molecule has 0 amide bonds. The lowest BCUT2D eigenvalue weighted by Crippen LogP contribution is -2.34. The van der Waals surface area contributed by atoms with Gasteiger partial charge in [0.05, 0.1) is 0 Å². The number of hydrogen-bond acceptors (Lipinski definition) is 2. The fraction of sp³-hybridized carbons (Fsp3) is 1.00. The van der Waals surface area contributed by atoms with Crippen LogP contribution in [0.2, 0.25) is 0 Å². The third kappa shape index (κ3) is 4.43. The minimum absolute atomic E-state index is 0.584. The van der Waals surface area contributed by atoms with Crippen molar-refractivity contribution in [2.75, 3.05) is 26.3 Å². The van der Waals surface area contributed by atoms with Crippen molar-refractivity contribution in [1.29, 1.82) is 0 Å². The number of nitrogens with one attached hydrogen (secondary N) is 1. The zero-order valence-electron chi connectivity index (χ0n) is 9.77. The van der Waals surface area contributed by atoms with Crippen molar-refractivity contribution in [2.45, 2.75) is 46.0 Å². The SMILES string of the molecule is CCCOCCCC1(C)CCNCC1. The van der Waals surface area contributed by atoms with E-state index < -0.39 is 0 Å². The summed E-state index contributed by atoms with van der Waals surface area (Å²) in [5, 5.41) is 3.42. The number of ether oxygens (including phenoxy) is 1. The van der Waals surface area contributed by atoms with Crippen LogP contribution in [0.25, 0.3) is 0 Å². The molecule has 14 heavy (non-hydrogen) atoms. The van der Waals surface area contributed by atoms with Crippen molar-refractivity contribution >= 4 is 0 Å². The zero-order chi connectivity index (χ0) is 10.3. The van der Waals surface area contributed by atoms with E-state index in [4.69, 9.17) is 4.74 Å². The van der Waals surface area contributed by atoms with Crippen molar-refractivity contribution in [3.63, 3.8) is 0 Å². The standard InChI is InChI=1S/C12H25NO/c1-3-10-14-11-4-5-12(2)6-8-13-9-7-12/h13H,3-11H2,1-2H3. The van der Waals surface area contributed by atoms with E-state index in [0.717, 1.165) is 19.6 Å². The molecule has 0 spiro atoms. The predicted molar refractivity (Wildman–Crippen MR) is 60.6 cm³/mol. The summed E-state index contributed by atoms with van der Waals surface area (Å²) in [4.78, 5) is 0. The van der Waals surface area contributed by atoms with Crippen molar-refractivity contribution in [3.8, 4) is 0 Å². The molecule has 1 aliphatic rings. The Balaban J connectivity index is 2.03. The molecule has 1 rings (SSSR count). The van der Waals surface area contributed by atoms with Crippen LogP contribution in [-0.4, -0.2) is 26.3 Å². The van der Waals surface area contributed by atoms with Gasteiger partial charge in [-0.15, -0.1) is 0 Å². The molecule has 0 bridgehead atoms. The van der Waals surface area contributed by atoms with Crippen molar-refractivity contribution in [1.82, 2.24) is 5.32 Å². The molecule has 1 saturated heterocycles. The van der Waals surface area contributed by atoms with E-state index in [2.05, 4.69) is 19.2 Å². The van der Waals surface area contributed by atoms with Gasteiger partial charge in [-0.3, -0.25) is 0 Å². The van der Waals surface area contributed by atoms with Gasteiger partial charge in [-0.05, 0) is 50.6 Å². The van der Waals surface area contributed by atoms with Crippen LogP contribution in [0.5, 0.6) is 0 Å². The molecule has 0 saturated carbocycles. The van der Waals surface area contributed by atoms with E-state index in [1.165, 1.54) is 38.8 Å². The van der Waals surface area contributed by atoms with Crippen molar-refractivity contribution < 1.29 is 4.74 Å². The van der Waals surface area contributed by atoms with Crippen LogP contribution in [0.4, 0.5) is 0 Å². The molecular formula is C12H25NO. The maximum Gasteiger partial charge on any atom is 0.0466 e. The lowest BCUT2D eigenvalue weighted by molar-refractivity contribution is 0.112. The molecule has 0 atom stereocenters. The van der Waals surface area contributed by atoms with Crippen LogP contribution >= 0.6 is 0 Å². The molecule has 1 fully saturated rings. The molecule has 0 aromatic rings. The Bertz CT molecular complexity index is 141. The summed E-state index contributed by atoms with van der Waals surface area (Å²) in [5.74, 6) is 0. The quantitative estimate of drug-likeness (QED) is 0.664. The first-order chi connectivity index (χ1) is 6.77. The van der Waals surface area contributed by atoms with Crippen molar-refractivity contribution in [3.05, 3.63) is 0 Å². The van der Waals surface area contributed by atoms with Crippen LogP contribution in [0.3, 0.4) is 0 Å². The van der Waals surface area contributed by atoms with E-state index in [9.17, 15) is 0 Å². The lowest BCUT2D eigenvalue weighted by Gasteiger charge is -2.34. The van der Waals surface area contributed by atoms with Gasteiger partial charge in [0, 0.05) is 13.2 Å². The Hall–Kier alpha value is -0.0800. The highest BCUT2D eigenvalue weighted by atomic mass is 16.5. The highest BCUT2D eigenvalue weighted by Gasteiger charge is 2.25. The van der Waals surface area contributed by atoms with Gasteiger partial charge >= 0.3 is 0 Å². The maximum absolute atomic E-state index is 5.50. The van der Waals surface area contributed by atoms with Crippen LogP contribution in [0, 0.1) is 5.41 Å². The van der Waals surface area contributed by atoms with Gasteiger partial charge in [-0.2, -0.15) is 0 Å². The molecule has 2 nitrogen and oxygen atoms in total. The Morgan fingerprint density at radius 3 is 2.57 bits per heavy atom. The minimum atomic E-state index is 0.584. The van der Waals surface area contributed by atoms with Gasteiger partial charge in [-0.25, -0.2) is 0 Å². The smallest absolute Gasteiger partial charge is 0.0466 e. The monoisotopic (exact) mass is 199 g/mol. The van der Waals surface area contributed by atoms with Gasteiger partial charge in [0.1, 0.15) is 0 Å². The molecule has 0 aliphatic carbocycles. The molecule has 2 heteroatoms. The van der Waals surface area contributed by atoms with Crippen LogP contribution in [0.15, 0.2) is 0 Å². The summed E-state index contributed by atoms with van der Waals surface area (Å²) < 4.78 is 5.50. The van der Waals surface area contributed by atoms with Crippen LogP contribution in [-0.2, 0) is 4.74 Å². The normalized spacial score (nSPS) is 21.0. The highest BCUT2D eigenvalue weighted by Crippen LogP contribution is 2.32. The van der Waals surface area contributed by atoms with E-state index in [1.54, 1.807) is 0 Å². The average Bonchev–Trinajstić information content (AvgIpc) is 2.18. The van der Waals surface area contributed by atoms with Crippen LogP contribution < -0.4 is 5.32 Å². The topological polar surface area (TPSA) is 21.3 Å². The molecule has 1 aliphatic heterocycles. The molecule has 84 valence electrons. The lowest BCUT2D eigenvalue weighted by atomic mass is 9.77. The highest BCUT2D eigenvalue weighted by molar-refractivity contribution is 4.80. The van der Waals surface area contributed by atoms with Gasteiger partial charge in [0.25, 0.3) is 0 Å². The first-order valence-electron chi connectivity index (χ1n) is 6.05. The van der Waals surface area contributed by atoms with Gasteiger partial charge in [0.2, 0.25) is 0 Å². The second-order valence-corrected chi connectivity index (χ2v) is 4.78. The molecule has 0 radical (unpaired) electrons. The zero-order valence-corrected chi connectivity index (χ0v) is 9.77. The van der Waals surface area contributed by atoms with E-state index >= 15 is 0 Å². The Morgan fingerprint density at radius 1 is 1.21 bits per heavy atom. The van der Waals surface area contributed by atoms with Gasteiger partial charge in [0.15, 0.2) is 0 Å². The summed E-state index contributed by atoms with van der Waals surface area (Å²) >= 11 is 0. The first-order valence-corrected chi connectivity index (χ1v) is 6.05. The third-order valence-electron chi connectivity index (χ3n) is 3.23. The molecule has 1 N–H and O–H groups in total. The molecule has 1 heterocycles. The summed E-state index contributed by atoms with van der Waals surface area (Å²) in [5.41, 5.74) is 0.584. The van der Waals surface area contributed by atoms with E-state index in [-0.39, 0.29) is 0 Å². The summed E-state index contributed by atoms with van der Waals surface area (Å²) in [6.07, 6.45) is 6.37. The molecular weight excluding hydrogens is 174 g/mol. The summed E-state index contributed by atoms with van der Waals surface area (Å²) in [6, 6.07) is 0. The number of piperidine rings is 1. The van der Waals surface area contributed by atoms with E-state index in [1.807, 2.05) is 0 Å². The fourth-order valence-electron chi connectivity index (χ4n) is 2.13. The van der Waals surface area contributed by atoms with Crippen molar-refractivity contribution in [2.24, 2.45) is 5.41 Å². The maximum atomic E-state index is 5.50. The molecule has 0 unspecified atom stereocenters. The number of rotatable bonds is 6. The second kappa shape index (κ2) is 6.41. The average molecular weight is 199 g/mol. The summed E-state index contributed by atoms with van der Waals surface area (Å²) in [7, 11) is 0. The largest absolute Gasteiger partial charge is 0.381 e. The first kappa shape index (κ1) is 12.0. The van der Waals surface area contributed by atoms with Gasteiger partial charge < -0.3 is 10.1 Å². The Kier molecular flexibility index (Phi) is 5.49. The molecule has 0 aromatic heterocycles. The fourth-order valence-corrected chi connectivity index (χ4v) is 2.13. The Labute approximate surface area is 88.4 Å². The van der Waals surface area contributed by atoms with Gasteiger partial charge in [-0.1, -0.05) is 13.8 Å². The van der Waals surface area contributed by atoms with Crippen LogP contribution in [0.1, 0.15) is 46.0 Å². The second-order valence-electron chi connectivity index (χ2n) is 4.78. The predicted octanol–water partition coefficient (Wildman–Crippen LogP) is 2.58. The van der Waals surface area contributed by atoms with E-state index in [0.29, 0.717) is 5.41 Å². The number of hydrogen-bond donors (Lipinski definition) is 1. The summed E-state index contributed by atoms with van der Waals surface area (Å²) in [6.45, 7) is 8.87. The third-order valence-corrected chi connectivity index (χ3v) is 3.23. The Morgan fingerprint density at radius 2 is 1.93 bits per heavy atom.